The molecule has 0 saturated heterocycles. The summed E-state index contributed by atoms with van der Waals surface area (Å²) in [7, 11) is 0. The molecule has 0 saturated carbocycles. The van der Waals surface area contributed by atoms with Gasteiger partial charge in [0.15, 0.2) is 5.78 Å². The summed E-state index contributed by atoms with van der Waals surface area (Å²) in [6, 6.07) is 9.73. The molecule has 4 nitrogen and oxygen atoms in total. The lowest BCUT2D eigenvalue weighted by Gasteiger charge is -2.37. The van der Waals surface area contributed by atoms with Crippen molar-refractivity contribution < 1.29 is 9.53 Å². The van der Waals surface area contributed by atoms with Gasteiger partial charge in [0.1, 0.15) is 17.4 Å². The number of nitriles is 1. The van der Waals surface area contributed by atoms with E-state index in [-0.39, 0.29) is 17.1 Å². The fourth-order valence-corrected chi connectivity index (χ4v) is 3.54. The number of rotatable bonds is 1. The minimum Gasteiger partial charge on any atom is -0.444 e. The largest absolute Gasteiger partial charge is 0.444 e. The zero-order valence-corrected chi connectivity index (χ0v) is 14.6. The predicted molar refractivity (Wildman–Crippen MR) is 89.8 cm³/mol. The highest BCUT2D eigenvalue weighted by molar-refractivity contribution is 9.10. The molecule has 1 aliphatic carbocycles. The molecule has 0 spiro atoms. The van der Waals surface area contributed by atoms with Gasteiger partial charge in [0, 0.05) is 22.9 Å². The molecule has 1 heterocycles. The molecular weight excluding hydrogens is 356 g/mol. The summed E-state index contributed by atoms with van der Waals surface area (Å²) in [4.78, 5) is 12.7. The number of nitrogens with zero attached hydrogens (tertiary/aromatic N) is 1. The van der Waals surface area contributed by atoms with E-state index < -0.39 is 5.92 Å². The monoisotopic (exact) mass is 372 g/mol. The molecule has 0 radical (unpaired) electrons. The highest BCUT2D eigenvalue weighted by Crippen LogP contribution is 2.47. The summed E-state index contributed by atoms with van der Waals surface area (Å²) in [5.74, 6) is 0.296. The molecule has 0 bridgehead atoms. The van der Waals surface area contributed by atoms with Gasteiger partial charge in [-0.25, -0.2) is 0 Å². The second-order valence-corrected chi connectivity index (χ2v) is 7.67. The van der Waals surface area contributed by atoms with E-state index >= 15 is 0 Å². The molecule has 1 aliphatic heterocycles. The number of benzene rings is 1. The van der Waals surface area contributed by atoms with Crippen LogP contribution in [0.5, 0.6) is 0 Å². The molecule has 23 heavy (non-hydrogen) atoms. The smallest absolute Gasteiger partial charge is 0.205 e. The van der Waals surface area contributed by atoms with E-state index in [0.29, 0.717) is 29.7 Å². The first-order chi connectivity index (χ1) is 10.8. The van der Waals surface area contributed by atoms with Crippen molar-refractivity contribution in [1.82, 2.24) is 0 Å². The summed E-state index contributed by atoms with van der Waals surface area (Å²) < 4.78 is 6.60. The van der Waals surface area contributed by atoms with E-state index in [2.05, 4.69) is 22.0 Å². The number of carbonyl (C=O) groups excluding carboxylic acids is 1. The van der Waals surface area contributed by atoms with Gasteiger partial charge in [0.25, 0.3) is 0 Å². The third-order valence-corrected chi connectivity index (χ3v) is 4.81. The van der Waals surface area contributed by atoms with E-state index in [9.17, 15) is 10.1 Å². The first-order valence-electron chi connectivity index (χ1n) is 7.42. The van der Waals surface area contributed by atoms with Crippen molar-refractivity contribution in [2.75, 3.05) is 0 Å². The molecule has 2 aliphatic rings. The summed E-state index contributed by atoms with van der Waals surface area (Å²) in [5.41, 5.74) is 7.56. The van der Waals surface area contributed by atoms with Crippen molar-refractivity contribution in [3.8, 4) is 6.07 Å². The van der Waals surface area contributed by atoms with Crippen LogP contribution in [-0.2, 0) is 9.53 Å². The Morgan fingerprint density at radius 2 is 1.96 bits per heavy atom. The summed E-state index contributed by atoms with van der Waals surface area (Å²) in [5, 5.41) is 9.52. The summed E-state index contributed by atoms with van der Waals surface area (Å²) >= 11 is 3.40. The number of allylic oxidation sites excluding steroid dienone is 3. The number of carbonyl (C=O) groups is 1. The van der Waals surface area contributed by atoms with Crippen LogP contribution in [0.15, 0.2) is 51.5 Å². The molecule has 0 amide bonds. The van der Waals surface area contributed by atoms with Gasteiger partial charge in [0.05, 0.1) is 5.92 Å². The van der Waals surface area contributed by atoms with Gasteiger partial charge in [0.2, 0.25) is 5.88 Å². The van der Waals surface area contributed by atoms with Crippen LogP contribution in [0.3, 0.4) is 0 Å². The van der Waals surface area contributed by atoms with Gasteiger partial charge in [-0.15, -0.1) is 0 Å². The molecule has 0 unspecified atom stereocenters. The van der Waals surface area contributed by atoms with Crippen LogP contribution < -0.4 is 5.73 Å². The van der Waals surface area contributed by atoms with Gasteiger partial charge in [-0.05, 0) is 23.1 Å². The Kier molecular flexibility index (Phi) is 3.81. The van der Waals surface area contributed by atoms with Crippen LogP contribution in [-0.4, -0.2) is 5.78 Å². The van der Waals surface area contributed by atoms with Gasteiger partial charge >= 0.3 is 0 Å². The quantitative estimate of drug-likeness (QED) is 0.810. The fourth-order valence-electron chi connectivity index (χ4n) is 3.27. The Labute approximate surface area is 143 Å². The summed E-state index contributed by atoms with van der Waals surface area (Å²) in [6.07, 6.45) is 1.08. The molecule has 118 valence electrons. The predicted octanol–water partition coefficient (Wildman–Crippen LogP) is 3.90. The molecule has 5 heteroatoms. The standard InChI is InChI=1S/C18H17BrN2O2/c1-18(2)7-13(22)16-14(8-18)23-17(21)12(9-20)15(16)10-3-5-11(19)6-4-10/h3-6,15H,7-8,21H2,1-2H3/t15-/m1/s1. The molecule has 0 aromatic heterocycles. The molecular formula is C18H17BrN2O2. The SMILES string of the molecule is CC1(C)CC(=O)C2=C(C1)OC(N)=C(C#N)[C@H]2c1ccc(Br)cc1. The average molecular weight is 373 g/mol. The maximum absolute atomic E-state index is 12.7. The number of ketones is 1. The minimum atomic E-state index is -0.444. The lowest BCUT2D eigenvalue weighted by molar-refractivity contribution is -0.119. The van der Waals surface area contributed by atoms with Gasteiger partial charge < -0.3 is 10.5 Å². The first-order valence-corrected chi connectivity index (χ1v) is 8.21. The van der Waals surface area contributed by atoms with E-state index in [1.807, 2.05) is 38.1 Å². The number of nitrogens with two attached hydrogens (primary N) is 1. The van der Waals surface area contributed by atoms with Gasteiger partial charge in [-0.2, -0.15) is 5.26 Å². The number of Topliss-reactive ketones (excluding diaryl/α,β-unsaturated/α-hetero) is 1. The van der Waals surface area contributed by atoms with Crippen molar-refractivity contribution in [2.45, 2.75) is 32.6 Å². The second kappa shape index (κ2) is 5.54. The van der Waals surface area contributed by atoms with E-state index in [0.717, 1.165) is 10.0 Å². The van der Waals surface area contributed by atoms with Crippen LogP contribution >= 0.6 is 15.9 Å². The average Bonchev–Trinajstić information content (AvgIpc) is 2.45. The Morgan fingerprint density at radius 3 is 2.57 bits per heavy atom. The fraction of sp³-hybridized carbons (Fsp3) is 0.333. The highest BCUT2D eigenvalue weighted by Gasteiger charge is 2.42. The minimum absolute atomic E-state index is 0.0319. The molecule has 0 fully saturated rings. The van der Waals surface area contributed by atoms with Gasteiger partial charge in [-0.1, -0.05) is 41.9 Å². The van der Waals surface area contributed by atoms with Crippen LogP contribution in [0.25, 0.3) is 0 Å². The van der Waals surface area contributed by atoms with E-state index in [1.54, 1.807) is 0 Å². The van der Waals surface area contributed by atoms with Crippen molar-refractivity contribution in [1.29, 1.82) is 5.26 Å². The van der Waals surface area contributed by atoms with Crippen LogP contribution in [0, 0.1) is 16.7 Å². The normalized spacial score (nSPS) is 23.2. The second-order valence-electron chi connectivity index (χ2n) is 6.75. The number of ether oxygens (including phenoxy) is 1. The molecule has 1 atom stereocenters. The van der Waals surface area contributed by atoms with Crippen LogP contribution in [0.2, 0.25) is 0 Å². The molecule has 1 aromatic carbocycles. The van der Waals surface area contributed by atoms with Crippen LogP contribution in [0.4, 0.5) is 0 Å². The van der Waals surface area contributed by atoms with Gasteiger partial charge in [-0.3, -0.25) is 4.79 Å². The topological polar surface area (TPSA) is 76.1 Å². The Hall–Kier alpha value is -2.06. The number of halogens is 1. The lowest BCUT2D eigenvalue weighted by Crippen LogP contribution is -2.33. The Balaban J connectivity index is 2.17. The maximum atomic E-state index is 12.7. The van der Waals surface area contributed by atoms with Crippen molar-refractivity contribution >= 4 is 21.7 Å². The zero-order chi connectivity index (χ0) is 16.8. The maximum Gasteiger partial charge on any atom is 0.205 e. The molecule has 3 rings (SSSR count). The lowest BCUT2D eigenvalue weighted by atomic mass is 9.70. The van der Waals surface area contributed by atoms with Crippen molar-refractivity contribution in [2.24, 2.45) is 11.1 Å². The Morgan fingerprint density at radius 1 is 1.30 bits per heavy atom. The van der Waals surface area contributed by atoms with Crippen molar-refractivity contribution in [3.05, 3.63) is 57.1 Å². The number of hydrogen-bond acceptors (Lipinski definition) is 4. The molecule has 1 aromatic rings. The van der Waals surface area contributed by atoms with E-state index in [4.69, 9.17) is 10.5 Å². The van der Waals surface area contributed by atoms with Crippen LogP contribution in [0.1, 0.15) is 38.2 Å². The summed E-state index contributed by atoms with van der Waals surface area (Å²) in [6.45, 7) is 4.07. The van der Waals surface area contributed by atoms with E-state index in [1.165, 1.54) is 0 Å². The third kappa shape index (κ3) is 2.79. The highest BCUT2D eigenvalue weighted by atomic mass is 79.9. The third-order valence-electron chi connectivity index (χ3n) is 4.28. The number of hydrogen-bond donors (Lipinski definition) is 1. The zero-order valence-electron chi connectivity index (χ0n) is 13.0. The Bertz CT molecular complexity index is 782. The molecule has 2 N–H and O–H groups in total. The first kappa shape index (κ1) is 15.8. The van der Waals surface area contributed by atoms with Crippen molar-refractivity contribution in [3.63, 3.8) is 0 Å².